The fourth-order valence-electron chi connectivity index (χ4n) is 2.08. The Morgan fingerprint density at radius 1 is 1.06 bits per heavy atom. The van der Waals surface area contributed by atoms with Gasteiger partial charge in [0.25, 0.3) is 0 Å². The molecule has 0 radical (unpaired) electrons. The van der Waals surface area contributed by atoms with E-state index in [2.05, 4.69) is 36.6 Å². The van der Waals surface area contributed by atoms with Crippen molar-refractivity contribution in [3.63, 3.8) is 0 Å². The summed E-state index contributed by atoms with van der Waals surface area (Å²) in [7, 11) is 3.72. The van der Waals surface area contributed by atoms with Crippen molar-refractivity contribution in [2.24, 2.45) is 0 Å². The fraction of sp³-hybridized carbons (Fsp3) is 0.600. The fourth-order valence-corrected chi connectivity index (χ4v) is 2.08. The highest BCUT2D eigenvalue weighted by Crippen LogP contribution is 2.23. The molecule has 0 amide bonds. The Morgan fingerprint density at radius 2 is 1.83 bits per heavy atom. The molecule has 102 valence electrons. The second kappa shape index (κ2) is 8.11. The predicted octanol–water partition coefficient (Wildman–Crippen LogP) is 2.05. The molecule has 3 heteroatoms. The second-order valence-electron chi connectivity index (χ2n) is 4.63. The molecular weight excluding hydrogens is 224 g/mol. The molecule has 1 aromatic carbocycles. The van der Waals surface area contributed by atoms with Crippen LogP contribution in [0.3, 0.4) is 0 Å². The van der Waals surface area contributed by atoms with E-state index in [9.17, 15) is 0 Å². The van der Waals surface area contributed by atoms with Crippen LogP contribution < -0.4 is 15.4 Å². The molecular formula is C15H26N2O. The molecule has 0 aliphatic carbocycles. The van der Waals surface area contributed by atoms with Crippen LogP contribution in [0.5, 0.6) is 5.75 Å². The van der Waals surface area contributed by atoms with Crippen molar-refractivity contribution >= 4 is 0 Å². The zero-order chi connectivity index (χ0) is 13.4. The average Bonchev–Trinajstić information content (AvgIpc) is 2.38. The second-order valence-corrected chi connectivity index (χ2v) is 4.63. The van der Waals surface area contributed by atoms with Crippen LogP contribution in [-0.2, 0) is 6.42 Å². The number of hydrogen-bond acceptors (Lipinski definition) is 3. The minimum atomic E-state index is 0.984. The van der Waals surface area contributed by atoms with Gasteiger partial charge < -0.3 is 15.4 Å². The summed E-state index contributed by atoms with van der Waals surface area (Å²) in [5, 5.41) is 6.62. The van der Waals surface area contributed by atoms with Gasteiger partial charge in [0.15, 0.2) is 0 Å². The summed E-state index contributed by atoms with van der Waals surface area (Å²) < 4.78 is 5.33. The van der Waals surface area contributed by atoms with Crippen molar-refractivity contribution in [2.75, 3.05) is 33.8 Å². The molecule has 2 N–H and O–H groups in total. The van der Waals surface area contributed by atoms with Gasteiger partial charge in [0.2, 0.25) is 0 Å². The number of ether oxygens (including phenoxy) is 1. The SMILES string of the molecule is CNCCCNCCc1ccc(OC)c(C)c1C. The molecule has 18 heavy (non-hydrogen) atoms. The summed E-state index contributed by atoms with van der Waals surface area (Å²) in [4.78, 5) is 0. The van der Waals surface area contributed by atoms with Crippen molar-refractivity contribution in [2.45, 2.75) is 26.7 Å². The molecule has 3 nitrogen and oxygen atoms in total. The lowest BCUT2D eigenvalue weighted by atomic mass is 10.00. The van der Waals surface area contributed by atoms with Gasteiger partial charge in [0.1, 0.15) is 5.75 Å². The Hall–Kier alpha value is -1.06. The molecule has 0 saturated carbocycles. The predicted molar refractivity (Wildman–Crippen MR) is 77.6 cm³/mol. The maximum atomic E-state index is 5.33. The highest BCUT2D eigenvalue weighted by molar-refractivity contribution is 5.43. The van der Waals surface area contributed by atoms with Crippen molar-refractivity contribution in [3.8, 4) is 5.75 Å². The first-order valence-electron chi connectivity index (χ1n) is 6.69. The lowest BCUT2D eigenvalue weighted by Crippen LogP contribution is -2.22. The van der Waals surface area contributed by atoms with Crippen LogP contribution >= 0.6 is 0 Å². The molecule has 0 aliphatic heterocycles. The topological polar surface area (TPSA) is 33.3 Å². The van der Waals surface area contributed by atoms with Gasteiger partial charge >= 0.3 is 0 Å². The van der Waals surface area contributed by atoms with Gasteiger partial charge in [-0.2, -0.15) is 0 Å². The Labute approximate surface area is 111 Å². The molecule has 0 aliphatic rings. The van der Waals surface area contributed by atoms with Crippen LogP contribution in [0.1, 0.15) is 23.1 Å². The van der Waals surface area contributed by atoms with Crippen molar-refractivity contribution in [3.05, 3.63) is 28.8 Å². The monoisotopic (exact) mass is 250 g/mol. The first-order valence-corrected chi connectivity index (χ1v) is 6.69. The minimum Gasteiger partial charge on any atom is -0.496 e. The quantitative estimate of drug-likeness (QED) is 0.693. The van der Waals surface area contributed by atoms with Crippen LogP contribution in [0.2, 0.25) is 0 Å². The van der Waals surface area contributed by atoms with E-state index in [1.807, 2.05) is 7.05 Å². The molecule has 0 saturated heterocycles. The van der Waals surface area contributed by atoms with Gasteiger partial charge in [-0.05, 0) is 76.1 Å². The first kappa shape index (κ1) is 15.0. The smallest absolute Gasteiger partial charge is 0.122 e. The van der Waals surface area contributed by atoms with Crippen LogP contribution in [0.4, 0.5) is 0 Å². The summed E-state index contributed by atoms with van der Waals surface area (Å²) in [6.45, 7) is 7.49. The minimum absolute atomic E-state index is 0.984. The zero-order valence-electron chi connectivity index (χ0n) is 12.1. The molecule has 0 unspecified atom stereocenters. The molecule has 1 aromatic rings. The molecule has 0 bridgehead atoms. The van der Waals surface area contributed by atoms with Crippen molar-refractivity contribution < 1.29 is 4.74 Å². The Kier molecular flexibility index (Phi) is 6.76. The van der Waals surface area contributed by atoms with E-state index < -0.39 is 0 Å². The maximum Gasteiger partial charge on any atom is 0.122 e. The third-order valence-electron chi connectivity index (χ3n) is 3.42. The van der Waals surface area contributed by atoms with Crippen LogP contribution in [0.15, 0.2) is 12.1 Å². The van der Waals surface area contributed by atoms with Gasteiger partial charge in [-0.25, -0.2) is 0 Å². The highest BCUT2D eigenvalue weighted by Gasteiger charge is 2.05. The highest BCUT2D eigenvalue weighted by atomic mass is 16.5. The molecule has 0 atom stereocenters. The third kappa shape index (κ3) is 4.31. The summed E-state index contributed by atoms with van der Waals surface area (Å²) in [5.74, 6) is 0.984. The number of benzene rings is 1. The molecule has 1 rings (SSSR count). The van der Waals surface area contributed by atoms with E-state index in [-0.39, 0.29) is 0 Å². The molecule has 0 heterocycles. The van der Waals surface area contributed by atoms with Crippen LogP contribution in [-0.4, -0.2) is 33.8 Å². The lowest BCUT2D eigenvalue weighted by Gasteiger charge is -2.13. The van der Waals surface area contributed by atoms with E-state index in [1.165, 1.54) is 23.1 Å². The third-order valence-corrected chi connectivity index (χ3v) is 3.42. The largest absolute Gasteiger partial charge is 0.496 e. The van der Waals surface area contributed by atoms with E-state index in [4.69, 9.17) is 4.74 Å². The van der Waals surface area contributed by atoms with Gasteiger partial charge in [-0.15, -0.1) is 0 Å². The molecule has 0 fully saturated rings. The van der Waals surface area contributed by atoms with Gasteiger partial charge in [-0.1, -0.05) is 6.07 Å². The van der Waals surface area contributed by atoms with Crippen LogP contribution in [0.25, 0.3) is 0 Å². The van der Waals surface area contributed by atoms with E-state index >= 15 is 0 Å². The molecule has 0 spiro atoms. The van der Waals surface area contributed by atoms with E-state index in [0.29, 0.717) is 0 Å². The van der Waals surface area contributed by atoms with E-state index in [1.54, 1.807) is 7.11 Å². The van der Waals surface area contributed by atoms with Gasteiger partial charge in [-0.3, -0.25) is 0 Å². The Morgan fingerprint density at radius 3 is 2.50 bits per heavy atom. The van der Waals surface area contributed by atoms with E-state index in [0.717, 1.165) is 31.8 Å². The summed E-state index contributed by atoms with van der Waals surface area (Å²) >= 11 is 0. The standard InChI is InChI=1S/C15H26N2O/c1-12-13(2)15(18-4)7-6-14(12)8-11-17-10-5-9-16-3/h6-7,16-17H,5,8-11H2,1-4H3. The summed E-state index contributed by atoms with van der Waals surface area (Å²) in [6, 6.07) is 4.25. The van der Waals surface area contributed by atoms with Gasteiger partial charge in [0.05, 0.1) is 7.11 Å². The van der Waals surface area contributed by atoms with Crippen molar-refractivity contribution in [1.29, 1.82) is 0 Å². The summed E-state index contributed by atoms with van der Waals surface area (Å²) in [6.07, 6.45) is 2.26. The van der Waals surface area contributed by atoms with Gasteiger partial charge in [0, 0.05) is 0 Å². The van der Waals surface area contributed by atoms with Crippen LogP contribution in [0, 0.1) is 13.8 Å². The first-order chi connectivity index (χ1) is 8.70. The number of hydrogen-bond donors (Lipinski definition) is 2. The maximum absolute atomic E-state index is 5.33. The van der Waals surface area contributed by atoms with Crippen molar-refractivity contribution in [1.82, 2.24) is 10.6 Å². The molecule has 0 aromatic heterocycles. The summed E-state index contributed by atoms with van der Waals surface area (Å²) in [5.41, 5.74) is 4.02. The lowest BCUT2D eigenvalue weighted by molar-refractivity contribution is 0.411. The number of methoxy groups -OCH3 is 1. The normalized spacial score (nSPS) is 10.7. The Bertz CT molecular complexity index is 364. The number of rotatable bonds is 8. The number of nitrogens with one attached hydrogen (secondary N) is 2. The zero-order valence-corrected chi connectivity index (χ0v) is 12.1. The average molecular weight is 250 g/mol. The Balaban J connectivity index is 2.41.